The highest BCUT2D eigenvalue weighted by atomic mass is 16.8. The first-order valence-corrected chi connectivity index (χ1v) is 10.4. The lowest BCUT2D eigenvalue weighted by atomic mass is 10.1. The van der Waals surface area contributed by atoms with Crippen molar-refractivity contribution in [3.05, 3.63) is 53.9 Å². The van der Waals surface area contributed by atoms with Crippen molar-refractivity contribution < 1.29 is 23.4 Å². The van der Waals surface area contributed by atoms with Crippen LogP contribution in [0, 0.1) is 0 Å². The number of carbonyl (C=O) groups is 1. The van der Waals surface area contributed by atoms with Gasteiger partial charge in [0.1, 0.15) is 11.3 Å². The fraction of sp³-hybridized carbons (Fsp3) is 0.391. The number of pyridine rings is 1. The number of aromatic nitrogens is 1. The molecule has 0 unspecified atom stereocenters. The second-order valence-electron chi connectivity index (χ2n) is 7.23. The number of hydrogen-bond donors (Lipinski definition) is 1. The fourth-order valence-corrected chi connectivity index (χ4v) is 3.40. The molecule has 7 nitrogen and oxygen atoms in total. The maximum absolute atomic E-state index is 11.8. The summed E-state index contributed by atoms with van der Waals surface area (Å²) >= 11 is 0. The lowest BCUT2D eigenvalue weighted by Gasteiger charge is -2.09. The topological polar surface area (TPSA) is 82.8 Å². The van der Waals surface area contributed by atoms with Crippen molar-refractivity contribution in [3.8, 4) is 11.7 Å². The quantitative estimate of drug-likeness (QED) is 0.380. The SMILES string of the molecule is CCOC(=O)Oc1oc2cccc(OCCCNCc3cccnc3)c2c1C1CC1. The van der Waals surface area contributed by atoms with Crippen molar-refractivity contribution >= 4 is 17.1 Å². The molecule has 30 heavy (non-hydrogen) atoms. The molecule has 0 radical (unpaired) electrons. The Hall–Kier alpha value is -3.06. The molecule has 0 saturated heterocycles. The highest BCUT2D eigenvalue weighted by molar-refractivity contribution is 5.91. The number of benzene rings is 1. The summed E-state index contributed by atoms with van der Waals surface area (Å²) in [7, 11) is 0. The molecule has 4 rings (SSSR count). The Morgan fingerprint density at radius 2 is 2.17 bits per heavy atom. The van der Waals surface area contributed by atoms with Gasteiger partial charge in [0, 0.05) is 18.9 Å². The Morgan fingerprint density at radius 3 is 2.93 bits per heavy atom. The summed E-state index contributed by atoms with van der Waals surface area (Å²) in [6.07, 6.45) is 5.83. The van der Waals surface area contributed by atoms with E-state index in [4.69, 9.17) is 18.6 Å². The Morgan fingerprint density at radius 1 is 1.27 bits per heavy atom. The summed E-state index contributed by atoms with van der Waals surface area (Å²) in [6, 6.07) is 9.66. The predicted octanol–water partition coefficient (Wildman–Crippen LogP) is 4.80. The van der Waals surface area contributed by atoms with E-state index < -0.39 is 6.16 Å². The van der Waals surface area contributed by atoms with Gasteiger partial charge in [-0.2, -0.15) is 0 Å². The van der Waals surface area contributed by atoms with Gasteiger partial charge in [0.05, 0.1) is 24.2 Å². The molecule has 1 N–H and O–H groups in total. The molecule has 0 bridgehead atoms. The van der Waals surface area contributed by atoms with Gasteiger partial charge in [-0.15, -0.1) is 0 Å². The molecule has 7 heteroatoms. The molecule has 158 valence electrons. The fourth-order valence-electron chi connectivity index (χ4n) is 3.40. The second-order valence-corrected chi connectivity index (χ2v) is 7.23. The molecule has 1 aliphatic carbocycles. The van der Waals surface area contributed by atoms with Crippen LogP contribution < -0.4 is 14.8 Å². The molecule has 2 heterocycles. The van der Waals surface area contributed by atoms with Crippen molar-refractivity contribution in [2.24, 2.45) is 0 Å². The summed E-state index contributed by atoms with van der Waals surface area (Å²) in [4.78, 5) is 15.9. The van der Waals surface area contributed by atoms with Gasteiger partial charge in [0.15, 0.2) is 0 Å². The lowest BCUT2D eigenvalue weighted by Crippen LogP contribution is -2.17. The number of rotatable bonds is 10. The van der Waals surface area contributed by atoms with Gasteiger partial charge in [0.25, 0.3) is 5.95 Å². The van der Waals surface area contributed by atoms with Crippen LogP contribution in [-0.2, 0) is 11.3 Å². The van der Waals surface area contributed by atoms with E-state index in [1.807, 2.05) is 36.5 Å². The minimum atomic E-state index is -0.749. The van der Waals surface area contributed by atoms with E-state index in [-0.39, 0.29) is 12.6 Å². The summed E-state index contributed by atoms with van der Waals surface area (Å²) in [5, 5.41) is 4.28. The molecule has 1 fully saturated rings. The van der Waals surface area contributed by atoms with Crippen LogP contribution in [0.15, 0.2) is 47.1 Å². The van der Waals surface area contributed by atoms with Crippen molar-refractivity contribution in [3.63, 3.8) is 0 Å². The number of fused-ring (bicyclic) bond motifs is 1. The lowest BCUT2D eigenvalue weighted by molar-refractivity contribution is 0.0952. The van der Waals surface area contributed by atoms with Gasteiger partial charge in [-0.05, 0) is 62.4 Å². The Bertz CT molecular complexity index is 982. The third-order valence-corrected chi connectivity index (χ3v) is 4.91. The van der Waals surface area contributed by atoms with Crippen LogP contribution >= 0.6 is 0 Å². The summed E-state index contributed by atoms with van der Waals surface area (Å²) in [6.45, 7) is 4.18. The van der Waals surface area contributed by atoms with E-state index in [0.29, 0.717) is 18.1 Å². The average Bonchev–Trinajstić information content (AvgIpc) is 3.52. The maximum atomic E-state index is 11.8. The molecule has 3 aromatic rings. The number of nitrogens with zero attached hydrogens (tertiary/aromatic N) is 1. The van der Waals surface area contributed by atoms with Gasteiger partial charge >= 0.3 is 6.16 Å². The Labute approximate surface area is 175 Å². The zero-order valence-electron chi connectivity index (χ0n) is 17.1. The number of ether oxygens (including phenoxy) is 3. The molecule has 2 aromatic heterocycles. The standard InChI is InChI=1S/C23H26N2O5/c1-2-27-23(26)30-22-20(17-9-10-17)21-18(7-3-8-19(21)29-22)28-13-5-12-25-15-16-6-4-11-24-14-16/h3-4,6-8,11,14,17,25H,2,5,9-10,12-13,15H2,1H3. The highest BCUT2D eigenvalue weighted by Crippen LogP contribution is 2.51. The number of carbonyl (C=O) groups excluding carboxylic acids is 1. The second kappa shape index (κ2) is 9.63. The molecule has 0 spiro atoms. The number of hydrogen-bond acceptors (Lipinski definition) is 7. The van der Waals surface area contributed by atoms with Gasteiger partial charge in [-0.25, -0.2) is 4.79 Å². The van der Waals surface area contributed by atoms with E-state index >= 15 is 0 Å². The van der Waals surface area contributed by atoms with Gasteiger partial charge in [-0.1, -0.05) is 12.1 Å². The number of nitrogens with one attached hydrogen (secondary N) is 1. The van der Waals surface area contributed by atoms with Crippen molar-refractivity contribution in [2.45, 2.75) is 38.6 Å². The molecular formula is C23H26N2O5. The third-order valence-electron chi connectivity index (χ3n) is 4.91. The molecule has 0 amide bonds. The van der Waals surface area contributed by atoms with Crippen molar-refractivity contribution in [1.29, 1.82) is 0 Å². The normalized spacial score (nSPS) is 13.4. The minimum absolute atomic E-state index is 0.222. The van der Waals surface area contributed by atoms with E-state index in [2.05, 4.69) is 10.3 Å². The number of furan rings is 1. The van der Waals surface area contributed by atoms with E-state index in [0.717, 1.165) is 54.6 Å². The molecular weight excluding hydrogens is 384 g/mol. The van der Waals surface area contributed by atoms with E-state index in [1.165, 1.54) is 0 Å². The van der Waals surface area contributed by atoms with E-state index in [1.54, 1.807) is 13.1 Å². The molecule has 1 aliphatic rings. The van der Waals surface area contributed by atoms with Crippen LogP contribution in [0.25, 0.3) is 11.0 Å². The largest absolute Gasteiger partial charge is 0.516 e. The van der Waals surface area contributed by atoms with Gasteiger partial charge in [0.2, 0.25) is 0 Å². The van der Waals surface area contributed by atoms with Crippen LogP contribution in [0.1, 0.15) is 43.2 Å². The van der Waals surface area contributed by atoms with Crippen LogP contribution in [0.3, 0.4) is 0 Å². The Balaban J connectivity index is 1.39. The van der Waals surface area contributed by atoms with Crippen molar-refractivity contribution in [2.75, 3.05) is 19.8 Å². The van der Waals surface area contributed by atoms with E-state index in [9.17, 15) is 4.79 Å². The zero-order chi connectivity index (χ0) is 20.8. The Kier molecular flexibility index (Phi) is 6.49. The van der Waals surface area contributed by atoms with Crippen LogP contribution in [0.4, 0.5) is 4.79 Å². The molecule has 1 saturated carbocycles. The molecule has 0 aliphatic heterocycles. The van der Waals surface area contributed by atoms with Gasteiger partial charge in [-0.3, -0.25) is 4.98 Å². The smallest absolute Gasteiger partial charge is 0.493 e. The van der Waals surface area contributed by atoms with Crippen LogP contribution in [0.2, 0.25) is 0 Å². The van der Waals surface area contributed by atoms with Gasteiger partial charge < -0.3 is 23.9 Å². The summed E-state index contributed by atoms with van der Waals surface area (Å²) in [5.74, 6) is 1.30. The summed E-state index contributed by atoms with van der Waals surface area (Å²) < 4.78 is 22.1. The minimum Gasteiger partial charge on any atom is -0.493 e. The van der Waals surface area contributed by atoms with Crippen molar-refractivity contribution in [1.82, 2.24) is 10.3 Å². The zero-order valence-corrected chi connectivity index (χ0v) is 17.1. The first kappa shape index (κ1) is 20.2. The van der Waals surface area contributed by atoms with Crippen LogP contribution in [-0.4, -0.2) is 30.9 Å². The third kappa shape index (κ3) is 4.91. The summed E-state index contributed by atoms with van der Waals surface area (Å²) in [5.41, 5.74) is 2.72. The predicted molar refractivity (Wildman–Crippen MR) is 112 cm³/mol. The monoisotopic (exact) mass is 410 g/mol. The average molecular weight is 410 g/mol. The molecule has 1 aromatic carbocycles. The first-order valence-electron chi connectivity index (χ1n) is 10.4. The first-order chi connectivity index (χ1) is 14.8. The maximum Gasteiger partial charge on any atom is 0.516 e. The molecule has 0 atom stereocenters. The van der Waals surface area contributed by atoms with Crippen LogP contribution in [0.5, 0.6) is 11.7 Å². The highest BCUT2D eigenvalue weighted by Gasteiger charge is 2.34.